The van der Waals surface area contributed by atoms with E-state index in [0.717, 1.165) is 32.0 Å². The summed E-state index contributed by atoms with van der Waals surface area (Å²) in [5.74, 6) is 2.85. The molecule has 2 saturated heterocycles. The summed E-state index contributed by atoms with van der Waals surface area (Å²) < 4.78 is 2.26. The van der Waals surface area contributed by atoms with E-state index in [1.165, 1.54) is 55.7 Å². The van der Waals surface area contributed by atoms with E-state index in [9.17, 15) is 0 Å². The highest BCUT2D eigenvalue weighted by Crippen LogP contribution is 2.27. The Morgan fingerprint density at radius 3 is 2.43 bits per heavy atom. The highest BCUT2D eigenvalue weighted by Gasteiger charge is 2.26. The molecule has 28 heavy (non-hydrogen) atoms. The molecule has 2 aromatic rings. The molecule has 0 atom stereocenters. The van der Waals surface area contributed by atoms with Crippen molar-refractivity contribution in [2.24, 2.45) is 7.05 Å². The van der Waals surface area contributed by atoms with Crippen LogP contribution in [0.2, 0.25) is 0 Å². The average molecular weight is 380 g/mol. The van der Waals surface area contributed by atoms with Crippen molar-refractivity contribution in [3.05, 3.63) is 53.1 Å². The lowest BCUT2D eigenvalue weighted by atomic mass is 9.95. The topological polar surface area (TPSA) is 37.2 Å². The summed E-state index contributed by atoms with van der Waals surface area (Å²) in [4.78, 5) is 5.07. The standard InChI is InChI=1S/C23H33N5/c1-19(16-20-8-4-3-5-9-20)17-28-14-10-21(11-15-28)23-25-24-22(26(23)2)18-27-12-6-7-13-27/h3-5,8-9,16,21H,6-7,10-15,17-18H2,1-2H3/b19-16+. The van der Waals surface area contributed by atoms with Crippen LogP contribution in [-0.4, -0.2) is 57.3 Å². The van der Waals surface area contributed by atoms with Crippen molar-refractivity contribution < 1.29 is 0 Å². The van der Waals surface area contributed by atoms with Crippen LogP contribution in [0.5, 0.6) is 0 Å². The van der Waals surface area contributed by atoms with Crippen LogP contribution in [0.25, 0.3) is 6.08 Å². The molecular weight excluding hydrogens is 346 g/mol. The third-order valence-electron chi connectivity index (χ3n) is 6.20. The smallest absolute Gasteiger partial charge is 0.146 e. The number of piperidine rings is 1. The molecule has 0 radical (unpaired) electrons. The van der Waals surface area contributed by atoms with E-state index in [1.54, 1.807) is 0 Å². The minimum Gasteiger partial charge on any atom is -0.317 e. The van der Waals surface area contributed by atoms with Gasteiger partial charge in [-0.3, -0.25) is 9.80 Å². The number of hydrogen-bond donors (Lipinski definition) is 0. The lowest BCUT2D eigenvalue weighted by Gasteiger charge is -2.31. The first-order chi connectivity index (χ1) is 13.7. The van der Waals surface area contributed by atoms with Crippen LogP contribution in [0, 0.1) is 0 Å². The Morgan fingerprint density at radius 2 is 1.71 bits per heavy atom. The number of likely N-dealkylation sites (tertiary alicyclic amines) is 2. The normalized spacial score (nSPS) is 20.1. The van der Waals surface area contributed by atoms with Gasteiger partial charge in [0.25, 0.3) is 0 Å². The molecule has 1 aromatic heterocycles. The molecule has 150 valence electrons. The second-order valence-electron chi connectivity index (χ2n) is 8.47. The van der Waals surface area contributed by atoms with Crippen LogP contribution in [0.15, 0.2) is 35.9 Å². The van der Waals surface area contributed by atoms with Crippen molar-refractivity contribution in [1.82, 2.24) is 24.6 Å². The second-order valence-corrected chi connectivity index (χ2v) is 8.47. The third-order valence-corrected chi connectivity index (χ3v) is 6.20. The Hall–Kier alpha value is -1.98. The fourth-order valence-corrected chi connectivity index (χ4v) is 4.59. The maximum absolute atomic E-state index is 4.58. The van der Waals surface area contributed by atoms with Crippen LogP contribution in [0.3, 0.4) is 0 Å². The monoisotopic (exact) mass is 379 g/mol. The average Bonchev–Trinajstić information content (AvgIpc) is 3.34. The van der Waals surface area contributed by atoms with Gasteiger partial charge in [-0.2, -0.15) is 0 Å². The molecule has 2 fully saturated rings. The van der Waals surface area contributed by atoms with E-state index in [4.69, 9.17) is 0 Å². The molecule has 0 N–H and O–H groups in total. The van der Waals surface area contributed by atoms with Crippen LogP contribution in [0.1, 0.15) is 55.7 Å². The van der Waals surface area contributed by atoms with Crippen LogP contribution < -0.4 is 0 Å². The van der Waals surface area contributed by atoms with Gasteiger partial charge in [0.05, 0.1) is 6.54 Å². The lowest BCUT2D eigenvalue weighted by molar-refractivity contribution is 0.223. The summed E-state index contributed by atoms with van der Waals surface area (Å²) >= 11 is 0. The molecule has 2 aliphatic heterocycles. The Labute approximate surface area is 169 Å². The second kappa shape index (κ2) is 9.01. The van der Waals surface area contributed by atoms with Gasteiger partial charge in [-0.05, 0) is 64.3 Å². The molecule has 1 aromatic carbocycles. The number of benzene rings is 1. The van der Waals surface area contributed by atoms with Crippen molar-refractivity contribution in [1.29, 1.82) is 0 Å². The van der Waals surface area contributed by atoms with E-state index >= 15 is 0 Å². The van der Waals surface area contributed by atoms with Gasteiger partial charge in [0.1, 0.15) is 11.6 Å². The van der Waals surface area contributed by atoms with E-state index in [0.29, 0.717) is 5.92 Å². The maximum Gasteiger partial charge on any atom is 0.146 e. The van der Waals surface area contributed by atoms with E-state index in [-0.39, 0.29) is 0 Å². The summed E-state index contributed by atoms with van der Waals surface area (Å²) in [7, 11) is 2.15. The van der Waals surface area contributed by atoms with Crippen molar-refractivity contribution in [3.63, 3.8) is 0 Å². The lowest BCUT2D eigenvalue weighted by Crippen LogP contribution is -2.34. The largest absolute Gasteiger partial charge is 0.317 e. The molecule has 0 amide bonds. The van der Waals surface area contributed by atoms with E-state index in [2.05, 4.69) is 74.9 Å². The number of rotatable bonds is 6. The zero-order valence-corrected chi connectivity index (χ0v) is 17.3. The summed E-state index contributed by atoms with van der Waals surface area (Å²) in [6.45, 7) is 8.93. The van der Waals surface area contributed by atoms with Crippen LogP contribution in [0.4, 0.5) is 0 Å². The van der Waals surface area contributed by atoms with Crippen molar-refractivity contribution in [3.8, 4) is 0 Å². The summed E-state index contributed by atoms with van der Waals surface area (Å²) in [6, 6.07) is 10.6. The quantitative estimate of drug-likeness (QED) is 0.767. The zero-order chi connectivity index (χ0) is 19.3. The van der Waals surface area contributed by atoms with Crippen molar-refractivity contribution in [2.75, 3.05) is 32.7 Å². The van der Waals surface area contributed by atoms with Gasteiger partial charge in [0.2, 0.25) is 0 Å². The first-order valence-electron chi connectivity index (χ1n) is 10.7. The van der Waals surface area contributed by atoms with Gasteiger partial charge in [-0.1, -0.05) is 42.0 Å². The Kier molecular flexibility index (Phi) is 6.23. The van der Waals surface area contributed by atoms with Gasteiger partial charge < -0.3 is 4.57 Å². The van der Waals surface area contributed by atoms with Gasteiger partial charge in [0.15, 0.2) is 0 Å². The fraction of sp³-hybridized carbons (Fsp3) is 0.565. The Morgan fingerprint density at radius 1 is 1.00 bits per heavy atom. The summed E-state index contributed by atoms with van der Waals surface area (Å²) in [5, 5.41) is 9.10. The van der Waals surface area contributed by atoms with Crippen molar-refractivity contribution in [2.45, 2.75) is 45.1 Å². The SMILES string of the molecule is C/C(=C\c1ccccc1)CN1CCC(c2nnc(CN3CCCC3)n2C)CC1. The zero-order valence-electron chi connectivity index (χ0n) is 17.3. The number of aromatic nitrogens is 3. The Balaban J connectivity index is 1.30. The molecule has 0 saturated carbocycles. The maximum atomic E-state index is 4.58. The van der Waals surface area contributed by atoms with Crippen molar-refractivity contribution >= 4 is 6.08 Å². The molecule has 0 bridgehead atoms. The van der Waals surface area contributed by atoms with Gasteiger partial charge >= 0.3 is 0 Å². The highest BCUT2D eigenvalue weighted by molar-refractivity contribution is 5.52. The molecule has 5 nitrogen and oxygen atoms in total. The van der Waals surface area contributed by atoms with Crippen LogP contribution >= 0.6 is 0 Å². The molecule has 0 spiro atoms. The highest BCUT2D eigenvalue weighted by atomic mass is 15.3. The molecule has 4 rings (SSSR count). The third kappa shape index (κ3) is 4.70. The van der Waals surface area contributed by atoms with E-state index in [1.807, 2.05) is 0 Å². The molecule has 2 aliphatic rings. The first-order valence-corrected chi connectivity index (χ1v) is 10.7. The minimum absolute atomic E-state index is 0.541. The molecule has 0 aliphatic carbocycles. The fourth-order valence-electron chi connectivity index (χ4n) is 4.59. The predicted molar refractivity (Wildman–Crippen MR) is 114 cm³/mol. The summed E-state index contributed by atoms with van der Waals surface area (Å²) in [6.07, 6.45) is 7.30. The summed E-state index contributed by atoms with van der Waals surface area (Å²) in [5.41, 5.74) is 2.72. The predicted octanol–water partition coefficient (Wildman–Crippen LogP) is 3.69. The van der Waals surface area contributed by atoms with Crippen LogP contribution in [-0.2, 0) is 13.6 Å². The first kappa shape index (κ1) is 19.3. The molecule has 3 heterocycles. The number of nitrogens with zero attached hydrogens (tertiary/aromatic N) is 5. The molecule has 5 heteroatoms. The van der Waals surface area contributed by atoms with E-state index < -0.39 is 0 Å². The Bertz CT molecular complexity index is 781. The van der Waals surface area contributed by atoms with Gasteiger partial charge in [-0.25, -0.2) is 0 Å². The molecule has 0 unspecified atom stereocenters. The molecular formula is C23H33N5. The minimum atomic E-state index is 0.541. The van der Waals surface area contributed by atoms with Gasteiger partial charge in [-0.15, -0.1) is 10.2 Å². The van der Waals surface area contributed by atoms with Gasteiger partial charge in [0, 0.05) is 19.5 Å². The number of hydrogen-bond acceptors (Lipinski definition) is 4.